The van der Waals surface area contributed by atoms with Gasteiger partial charge >= 0.3 is 6.09 Å². The number of nitrogens with zero attached hydrogens (tertiary/aromatic N) is 6. The second-order valence-corrected chi connectivity index (χ2v) is 10.5. The number of nitrogens with two attached hydrogens (primary N) is 1. The molecule has 5 atom stereocenters. The van der Waals surface area contributed by atoms with Crippen LogP contribution in [0.3, 0.4) is 0 Å². The Balaban J connectivity index is 1.75. The van der Waals surface area contributed by atoms with Crippen LogP contribution in [0.4, 0.5) is 9.18 Å². The van der Waals surface area contributed by atoms with Crippen molar-refractivity contribution in [2.24, 2.45) is 10.9 Å². The molecule has 0 aromatic carbocycles. The monoisotopic (exact) mass is 521 g/mol. The Morgan fingerprint density at radius 1 is 1.38 bits per heavy atom. The molecule has 0 bridgehead atoms. The Morgan fingerprint density at radius 2 is 2.08 bits per heavy atom. The van der Waals surface area contributed by atoms with Crippen molar-refractivity contribution in [3.8, 4) is 17.8 Å². The van der Waals surface area contributed by atoms with Gasteiger partial charge < -0.3 is 30.1 Å². The highest BCUT2D eigenvalue weighted by atomic mass is 19.1. The van der Waals surface area contributed by atoms with Crippen molar-refractivity contribution < 1.29 is 28.6 Å². The van der Waals surface area contributed by atoms with Crippen LogP contribution >= 0.6 is 0 Å². The van der Waals surface area contributed by atoms with E-state index in [9.17, 15) is 14.4 Å². The fourth-order valence-electron chi connectivity index (χ4n) is 4.62. The van der Waals surface area contributed by atoms with Crippen molar-refractivity contribution in [1.29, 1.82) is 5.26 Å². The molecule has 3 heterocycles. The molecule has 0 aliphatic carbocycles. The van der Waals surface area contributed by atoms with Gasteiger partial charge in [-0.05, 0) is 41.2 Å². The largest absolute Gasteiger partial charge is 0.474 e. The molecule has 12 nitrogen and oxygen atoms in total. The third-order valence-electron chi connectivity index (χ3n) is 6.32. The average molecular weight is 522 g/mol. The number of nitriles is 1. The van der Waals surface area contributed by atoms with Gasteiger partial charge in [-0.2, -0.15) is 15.2 Å². The number of alkyl halides is 1. The predicted octanol–water partition coefficient (Wildman–Crippen LogP) is 2.44. The van der Waals surface area contributed by atoms with Crippen molar-refractivity contribution in [3.63, 3.8) is 0 Å². The summed E-state index contributed by atoms with van der Waals surface area (Å²) in [6.07, 6.45) is -0.847. The van der Waals surface area contributed by atoms with E-state index in [1.165, 1.54) is 6.07 Å². The number of rotatable bonds is 7. The molecule has 2 fully saturated rings. The molecule has 37 heavy (non-hydrogen) atoms. The van der Waals surface area contributed by atoms with Gasteiger partial charge in [-0.3, -0.25) is 4.90 Å². The molecule has 0 radical (unpaired) electrons. The summed E-state index contributed by atoms with van der Waals surface area (Å²) in [7, 11) is 1.84. The molecule has 3 N–H and O–H groups in total. The highest BCUT2D eigenvalue weighted by Crippen LogP contribution is 2.28. The zero-order valence-electron chi connectivity index (χ0n) is 21.9. The summed E-state index contributed by atoms with van der Waals surface area (Å²) >= 11 is 0. The number of halogens is 1. The summed E-state index contributed by atoms with van der Waals surface area (Å²) in [6.45, 7) is 7.85. The number of carbonyl (C=O) groups is 1. The number of amides is 1. The molecule has 0 spiro atoms. The summed E-state index contributed by atoms with van der Waals surface area (Å²) in [5, 5.41) is 21.4. The Kier molecular flexibility index (Phi) is 8.96. The highest BCUT2D eigenvalue weighted by molar-refractivity contribution is 5.93. The smallest absolute Gasteiger partial charge is 0.410 e. The Bertz CT molecular complexity index is 1030. The molecule has 2 aliphatic heterocycles. The number of amidine groups is 1. The van der Waals surface area contributed by atoms with Crippen LogP contribution in [0.5, 0.6) is 11.8 Å². The summed E-state index contributed by atoms with van der Waals surface area (Å²) in [5.74, 6) is -0.153. The molecule has 1 aromatic heterocycles. The Hall–Kier alpha value is -3.40. The highest BCUT2D eigenvalue weighted by Gasteiger charge is 2.36. The second-order valence-electron chi connectivity index (χ2n) is 10.5. The lowest BCUT2D eigenvalue weighted by Crippen LogP contribution is -2.50. The van der Waals surface area contributed by atoms with Gasteiger partial charge in [0.1, 0.15) is 24.0 Å². The molecule has 204 valence electrons. The van der Waals surface area contributed by atoms with Crippen molar-refractivity contribution in [2.75, 3.05) is 20.1 Å². The van der Waals surface area contributed by atoms with E-state index >= 15 is 0 Å². The van der Waals surface area contributed by atoms with Crippen LogP contribution in [0.1, 0.15) is 59.2 Å². The van der Waals surface area contributed by atoms with E-state index in [1.807, 2.05) is 18.9 Å². The fraction of sp³-hybridized carbons (Fsp3) is 0.708. The van der Waals surface area contributed by atoms with Gasteiger partial charge in [-0.1, -0.05) is 5.16 Å². The molecular formula is C24H36FN7O5. The first-order valence-corrected chi connectivity index (χ1v) is 12.3. The first-order chi connectivity index (χ1) is 17.4. The topological polar surface area (TPSA) is 159 Å². The van der Waals surface area contributed by atoms with Crippen LogP contribution in [0.25, 0.3) is 0 Å². The zero-order valence-corrected chi connectivity index (χ0v) is 21.9. The third kappa shape index (κ3) is 7.55. The van der Waals surface area contributed by atoms with E-state index in [4.69, 9.17) is 25.2 Å². The molecule has 2 aliphatic rings. The van der Waals surface area contributed by atoms with Gasteiger partial charge in [-0.15, -0.1) is 0 Å². The van der Waals surface area contributed by atoms with E-state index in [0.29, 0.717) is 32.4 Å². The molecule has 0 saturated carbocycles. The maximum absolute atomic E-state index is 13.9. The Morgan fingerprint density at radius 3 is 2.68 bits per heavy atom. The van der Waals surface area contributed by atoms with Gasteiger partial charge in [0, 0.05) is 32.0 Å². The van der Waals surface area contributed by atoms with Crippen molar-refractivity contribution in [1.82, 2.24) is 19.8 Å². The van der Waals surface area contributed by atoms with Crippen LogP contribution in [0.2, 0.25) is 0 Å². The molecular weight excluding hydrogens is 485 g/mol. The van der Waals surface area contributed by atoms with Crippen molar-refractivity contribution in [2.45, 2.75) is 89.4 Å². The van der Waals surface area contributed by atoms with E-state index in [1.54, 1.807) is 25.7 Å². The van der Waals surface area contributed by atoms with Crippen LogP contribution in [-0.2, 0) is 4.74 Å². The SMILES string of the molecule is C[C@H](Oc1cc(OC2CCN(C(=O)OC(C)(C)C)C(CC#N)C2)nc(C(N)=NO)n1)[C@@H]1C[C@H](F)CN1C. The molecule has 3 rings (SSSR count). The average Bonchev–Trinajstić information content (AvgIpc) is 3.15. The molecule has 2 unspecified atom stereocenters. The Labute approximate surface area is 216 Å². The molecule has 1 aromatic rings. The zero-order chi connectivity index (χ0) is 27.3. The van der Waals surface area contributed by atoms with E-state index in [2.05, 4.69) is 21.2 Å². The minimum atomic E-state index is -0.925. The van der Waals surface area contributed by atoms with Gasteiger partial charge in [0.05, 0.1) is 24.6 Å². The summed E-state index contributed by atoms with van der Waals surface area (Å²) in [6, 6.07) is 3.07. The van der Waals surface area contributed by atoms with Gasteiger partial charge in [0.15, 0.2) is 0 Å². The van der Waals surface area contributed by atoms with Gasteiger partial charge in [0.25, 0.3) is 0 Å². The number of hydrogen-bond donors (Lipinski definition) is 2. The molecule has 2 saturated heterocycles. The third-order valence-corrected chi connectivity index (χ3v) is 6.32. The van der Waals surface area contributed by atoms with Gasteiger partial charge in [-0.25, -0.2) is 9.18 Å². The first kappa shape index (κ1) is 28.2. The maximum atomic E-state index is 13.9. The lowest BCUT2D eigenvalue weighted by molar-refractivity contribution is -0.00383. The predicted molar refractivity (Wildman–Crippen MR) is 131 cm³/mol. The van der Waals surface area contributed by atoms with E-state index < -0.39 is 30.0 Å². The number of carbonyl (C=O) groups excluding carboxylic acids is 1. The van der Waals surface area contributed by atoms with Crippen molar-refractivity contribution in [3.05, 3.63) is 11.9 Å². The number of oxime groups is 1. The van der Waals surface area contributed by atoms with Crippen LogP contribution < -0.4 is 15.2 Å². The number of likely N-dealkylation sites (tertiary alicyclic amines) is 2. The number of piperidine rings is 1. The normalized spacial score (nSPS) is 25.9. The number of likely N-dealkylation sites (N-methyl/N-ethyl adjacent to an activating group) is 1. The second kappa shape index (κ2) is 11.8. The van der Waals surface area contributed by atoms with Gasteiger partial charge in [0.2, 0.25) is 23.4 Å². The summed E-state index contributed by atoms with van der Waals surface area (Å²) < 4.78 is 31.4. The van der Waals surface area contributed by atoms with E-state index in [0.717, 1.165) is 0 Å². The summed E-state index contributed by atoms with van der Waals surface area (Å²) in [5.41, 5.74) is 5.08. The fourth-order valence-corrected chi connectivity index (χ4v) is 4.62. The van der Waals surface area contributed by atoms with Crippen molar-refractivity contribution >= 4 is 11.9 Å². The van der Waals surface area contributed by atoms with Crippen LogP contribution in [0.15, 0.2) is 11.2 Å². The number of ether oxygens (including phenoxy) is 3. The lowest BCUT2D eigenvalue weighted by atomic mass is 9.97. The van der Waals surface area contributed by atoms with Crippen LogP contribution in [0, 0.1) is 11.3 Å². The van der Waals surface area contributed by atoms with Crippen LogP contribution in [-0.4, -0.2) is 93.1 Å². The number of hydrogen-bond acceptors (Lipinski definition) is 10. The number of aromatic nitrogens is 2. The lowest BCUT2D eigenvalue weighted by Gasteiger charge is -2.38. The minimum absolute atomic E-state index is 0.0925. The standard InChI is InChI=1S/C24H36FN7O5/c1-14(18-10-15(25)13-31(18)5)35-19-12-20(29-22(28-19)21(27)30-34)36-17-7-9-32(16(11-17)6-8-26)23(33)37-24(2,3)4/h12,14-18,34H,6-7,9-11,13H2,1-5H3,(H2,27,30)/t14-,15-,16?,17?,18-/m0/s1. The first-order valence-electron chi connectivity index (χ1n) is 12.3. The quantitative estimate of drug-likeness (QED) is 0.236. The van der Waals surface area contributed by atoms with E-state index in [-0.39, 0.29) is 42.0 Å². The minimum Gasteiger partial charge on any atom is -0.474 e. The molecule has 1 amide bonds. The maximum Gasteiger partial charge on any atom is 0.410 e. The molecule has 13 heteroatoms. The summed E-state index contributed by atoms with van der Waals surface area (Å²) in [4.78, 5) is 24.6.